The highest BCUT2D eigenvalue weighted by Gasteiger charge is 2.50. The number of nitrogens with zero attached hydrogens (tertiary/aromatic N) is 2. The lowest BCUT2D eigenvalue weighted by Gasteiger charge is -2.47. The maximum Gasteiger partial charge on any atom is 0.297 e. The highest BCUT2D eigenvalue weighted by molar-refractivity contribution is 7.00. The Morgan fingerprint density at radius 3 is 1.47 bits per heavy atom. The summed E-state index contributed by atoms with van der Waals surface area (Å²) in [6.45, 7) is 35.8. The first-order valence-corrected chi connectivity index (χ1v) is 27.9. The Bertz CT molecular complexity index is 3550. The van der Waals surface area contributed by atoms with E-state index in [1.807, 2.05) is 0 Å². The third-order valence-electron chi connectivity index (χ3n) is 18.2. The molecule has 4 heteroatoms. The van der Waals surface area contributed by atoms with E-state index in [4.69, 9.17) is 4.42 Å². The van der Waals surface area contributed by atoms with E-state index < -0.39 is 0 Å². The van der Waals surface area contributed by atoms with E-state index in [0.29, 0.717) is 11.8 Å². The smallest absolute Gasteiger partial charge is 0.297 e. The number of hydrogen-bond donors (Lipinski definition) is 0. The van der Waals surface area contributed by atoms with Gasteiger partial charge in [-0.05, 0) is 180 Å². The van der Waals surface area contributed by atoms with Crippen molar-refractivity contribution in [3.8, 4) is 22.3 Å². The summed E-state index contributed by atoms with van der Waals surface area (Å²) >= 11 is 0. The highest BCUT2D eigenvalue weighted by Crippen LogP contribution is 2.55. The molecule has 12 rings (SSSR count). The van der Waals surface area contributed by atoms with Crippen LogP contribution < -0.4 is 26.4 Å². The lowest BCUT2D eigenvalue weighted by molar-refractivity contribution is 0.332. The number of fused-ring (bicyclic) bond motifs is 8. The molecule has 0 fully saturated rings. The molecule has 74 heavy (non-hydrogen) atoms. The Labute approximate surface area is 443 Å². The van der Waals surface area contributed by atoms with Crippen molar-refractivity contribution >= 4 is 68.4 Å². The normalized spacial score (nSPS) is 18.7. The van der Waals surface area contributed by atoms with Gasteiger partial charge in [0.15, 0.2) is 0 Å². The van der Waals surface area contributed by atoms with Crippen molar-refractivity contribution in [3.63, 3.8) is 0 Å². The van der Waals surface area contributed by atoms with Crippen LogP contribution in [0, 0.1) is 0 Å². The summed E-state index contributed by atoms with van der Waals surface area (Å²) in [6, 6.07) is 52.3. The van der Waals surface area contributed by atoms with Crippen LogP contribution >= 0.6 is 0 Å². The molecular weight excluding hydrogens is 896 g/mol. The molecule has 2 atom stereocenters. The zero-order valence-electron chi connectivity index (χ0n) is 47.1. The van der Waals surface area contributed by atoms with Gasteiger partial charge in [0.2, 0.25) is 0 Å². The van der Waals surface area contributed by atoms with Crippen LogP contribution in [0.3, 0.4) is 0 Å². The van der Waals surface area contributed by atoms with E-state index in [0.717, 1.165) is 24.1 Å². The first kappa shape index (κ1) is 48.7. The highest BCUT2D eigenvalue weighted by atomic mass is 16.3. The summed E-state index contributed by atoms with van der Waals surface area (Å²) in [7, 11) is 0. The van der Waals surface area contributed by atoms with Gasteiger partial charge in [-0.1, -0.05) is 183 Å². The van der Waals surface area contributed by atoms with Crippen LogP contribution in [-0.4, -0.2) is 6.71 Å². The zero-order chi connectivity index (χ0) is 52.2. The molecule has 1 aromatic heterocycles. The topological polar surface area (TPSA) is 19.6 Å². The molecule has 2 aliphatic carbocycles. The average molecular weight is 973 g/mol. The van der Waals surface area contributed by atoms with Gasteiger partial charge in [-0.15, -0.1) is 0 Å². The fourth-order valence-corrected chi connectivity index (χ4v) is 13.3. The second kappa shape index (κ2) is 16.6. The number of benzene rings is 7. The molecule has 0 bridgehead atoms. The predicted octanol–water partition coefficient (Wildman–Crippen LogP) is 18.1. The van der Waals surface area contributed by atoms with Crippen molar-refractivity contribution in [1.29, 1.82) is 0 Å². The molecule has 0 amide bonds. The molecule has 3 heterocycles. The number of furan rings is 1. The van der Waals surface area contributed by atoms with E-state index in [2.05, 4.69) is 247 Å². The fraction of sp³-hybridized carbons (Fsp3) is 0.371. The summed E-state index contributed by atoms with van der Waals surface area (Å²) in [4.78, 5) is 5.36. The van der Waals surface area contributed by atoms with E-state index in [1.54, 1.807) is 0 Å². The predicted molar refractivity (Wildman–Crippen MR) is 319 cm³/mol. The van der Waals surface area contributed by atoms with Crippen LogP contribution in [0.4, 0.5) is 34.1 Å². The minimum Gasteiger partial charge on any atom is -0.468 e. The van der Waals surface area contributed by atoms with Gasteiger partial charge in [0, 0.05) is 33.6 Å². The maximum absolute atomic E-state index is 7.78. The first-order chi connectivity index (χ1) is 34.9. The van der Waals surface area contributed by atoms with Crippen molar-refractivity contribution in [1.82, 2.24) is 0 Å². The molecular formula is C70H77BN2O. The minimum atomic E-state index is -0.180. The second-order valence-corrected chi connectivity index (χ2v) is 27.4. The van der Waals surface area contributed by atoms with Crippen molar-refractivity contribution in [3.05, 3.63) is 172 Å². The Kier molecular flexibility index (Phi) is 10.9. The summed E-state index contributed by atoms with van der Waals surface area (Å²) in [5, 5.41) is 1.21. The van der Waals surface area contributed by atoms with Crippen LogP contribution in [0.1, 0.15) is 180 Å². The van der Waals surface area contributed by atoms with E-state index >= 15 is 0 Å². The molecule has 0 saturated carbocycles. The third kappa shape index (κ3) is 7.65. The zero-order valence-corrected chi connectivity index (χ0v) is 47.1. The number of rotatable bonds is 4. The molecule has 3 nitrogen and oxygen atoms in total. The molecule has 7 aromatic carbocycles. The third-order valence-corrected chi connectivity index (χ3v) is 18.2. The van der Waals surface area contributed by atoms with Gasteiger partial charge in [0.1, 0.15) is 5.58 Å². The van der Waals surface area contributed by atoms with Crippen molar-refractivity contribution < 1.29 is 4.42 Å². The Hall–Kier alpha value is -6.26. The molecule has 2 unspecified atom stereocenters. The molecule has 0 N–H and O–H groups in total. The Morgan fingerprint density at radius 1 is 0.486 bits per heavy atom. The molecule has 0 saturated heterocycles. The standard InChI is InChI=1S/C70H77BN2O/c1-42-26-27-43(2)50-39-62-53(38-49(42)50)64-65(74-62)71-56-40-54-55(70(14,15)33-32-69(54,12)13)41-59(56)72(57-30-28-46(66(3,4)5)34-51(57)44-22-18-16-19-23-44)60-36-48(68(9,10)11)37-61(63(60)71)73(64)58-31-29-47(67(6,7)8)35-52(58)45-24-20-17-21-25-45/h16-25,28-31,34-43H,26-27,32-33H2,1-15H3. The summed E-state index contributed by atoms with van der Waals surface area (Å²) < 4.78 is 7.78. The minimum absolute atomic E-state index is 0.00397. The van der Waals surface area contributed by atoms with E-state index in [9.17, 15) is 0 Å². The molecule has 376 valence electrons. The molecule has 0 radical (unpaired) electrons. The van der Waals surface area contributed by atoms with Crippen molar-refractivity contribution in [2.45, 2.75) is 168 Å². The van der Waals surface area contributed by atoms with E-state index in [-0.39, 0.29) is 33.8 Å². The molecule has 2 aliphatic heterocycles. The van der Waals surface area contributed by atoms with Gasteiger partial charge in [-0.25, -0.2) is 0 Å². The van der Waals surface area contributed by atoms with E-state index in [1.165, 1.54) is 124 Å². The first-order valence-electron chi connectivity index (χ1n) is 27.9. The van der Waals surface area contributed by atoms with Gasteiger partial charge in [0.05, 0.1) is 22.7 Å². The fourth-order valence-electron chi connectivity index (χ4n) is 13.3. The van der Waals surface area contributed by atoms with Crippen molar-refractivity contribution in [2.75, 3.05) is 9.80 Å². The summed E-state index contributed by atoms with van der Waals surface area (Å²) in [5.74, 6) is 0.941. The van der Waals surface area contributed by atoms with Crippen LogP contribution in [0.25, 0.3) is 33.2 Å². The maximum atomic E-state index is 7.78. The number of hydrogen-bond acceptors (Lipinski definition) is 3. The average Bonchev–Trinajstić information content (AvgIpc) is 3.77. The molecule has 4 aliphatic rings. The number of anilines is 6. The lowest BCUT2D eigenvalue weighted by atomic mass is 9.35. The van der Waals surface area contributed by atoms with Crippen molar-refractivity contribution in [2.24, 2.45) is 0 Å². The quantitative estimate of drug-likeness (QED) is 0.164. The summed E-state index contributed by atoms with van der Waals surface area (Å²) in [5.41, 5.74) is 26.3. The molecule has 8 aromatic rings. The second-order valence-electron chi connectivity index (χ2n) is 27.4. The van der Waals surface area contributed by atoms with Crippen LogP contribution in [0.2, 0.25) is 0 Å². The SMILES string of the molecule is CC1CCC(C)c2cc3c4c(oc3cc21)B1c2cc3c(cc2N(c2ccc(C(C)(C)C)cc2-c2ccccc2)c2cc(C(C)(C)C)cc(c21)N4c1ccc(C(C)(C)C)cc1-c1ccccc1)C(C)(C)CCC3(C)C. The van der Waals surface area contributed by atoms with Crippen LogP contribution in [0.15, 0.2) is 138 Å². The van der Waals surface area contributed by atoms with Crippen LogP contribution in [-0.2, 0) is 27.1 Å². The van der Waals surface area contributed by atoms with Crippen LogP contribution in [0.5, 0.6) is 0 Å². The largest absolute Gasteiger partial charge is 0.468 e. The Morgan fingerprint density at radius 2 is 0.959 bits per heavy atom. The van der Waals surface area contributed by atoms with Gasteiger partial charge in [-0.2, -0.15) is 0 Å². The molecule has 0 spiro atoms. The van der Waals surface area contributed by atoms with Gasteiger partial charge in [0.25, 0.3) is 6.71 Å². The lowest BCUT2D eigenvalue weighted by Crippen LogP contribution is -2.61. The Balaban J connectivity index is 1.27. The monoisotopic (exact) mass is 973 g/mol. The van der Waals surface area contributed by atoms with Gasteiger partial charge < -0.3 is 14.2 Å². The van der Waals surface area contributed by atoms with Gasteiger partial charge >= 0.3 is 0 Å². The summed E-state index contributed by atoms with van der Waals surface area (Å²) in [6.07, 6.45) is 4.67. The van der Waals surface area contributed by atoms with Gasteiger partial charge in [-0.3, -0.25) is 0 Å².